The van der Waals surface area contributed by atoms with E-state index in [4.69, 9.17) is 10.5 Å². The monoisotopic (exact) mass is 633 g/mol. The van der Waals surface area contributed by atoms with E-state index in [-0.39, 0.29) is 30.4 Å². The maximum Gasteiger partial charge on any atom is 0.329 e. The molecule has 0 aromatic carbocycles. The molecule has 12 nitrogen and oxygen atoms in total. The Morgan fingerprint density at radius 1 is 0.822 bits per heavy atom. The minimum absolute atomic E-state index is 0.0371. The highest BCUT2D eigenvalue weighted by atomic mass is 16.5. The predicted octanol–water partition coefficient (Wildman–Crippen LogP) is 2.81. The fraction of sp³-hybridized carbons (Fsp3) is 0.818. The van der Waals surface area contributed by atoms with Crippen molar-refractivity contribution in [2.24, 2.45) is 34.3 Å². The van der Waals surface area contributed by atoms with E-state index in [1.54, 1.807) is 0 Å². The van der Waals surface area contributed by atoms with Gasteiger partial charge in [-0.2, -0.15) is 0 Å². The van der Waals surface area contributed by atoms with E-state index in [1.165, 1.54) is 4.90 Å². The molecule has 5 N–H and O–H groups in total. The third-order valence-corrected chi connectivity index (χ3v) is 9.35. The summed E-state index contributed by atoms with van der Waals surface area (Å²) in [7, 11) is 0. The van der Waals surface area contributed by atoms with Gasteiger partial charge in [0.15, 0.2) is 0 Å². The highest BCUT2D eigenvalue weighted by Gasteiger charge is 2.48. The summed E-state index contributed by atoms with van der Waals surface area (Å²) in [5.41, 5.74) is 3.87. The van der Waals surface area contributed by atoms with Crippen molar-refractivity contribution in [2.75, 3.05) is 6.54 Å². The maximum atomic E-state index is 14.2. The number of hydrogen-bond acceptors (Lipinski definition) is 7. The van der Waals surface area contributed by atoms with Crippen molar-refractivity contribution in [1.82, 2.24) is 20.9 Å². The number of Topliss-reactive ketones (excluding diaryl/α,β-unsaturated/α-hetero) is 1. The first-order chi connectivity index (χ1) is 20.8. The minimum atomic E-state index is -1.11. The van der Waals surface area contributed by atoms with Gasteiger partial charge in [0.1, 0.15) is 24.2 Å². The van der Waals surface area contributed by atoms with Gasteiger partial charge in [-0.25, -0.2) is 9.59 Å². The lowest BCUT2D eigenvalue weighted by atomic mass is 9.84. The summed E-state index contributed by atoms with van der Waals surface area (Å²) in [5, 5.41) is 8.31. The molecule has 12 heteroatoms. The number of esters is 1. The smallest absolute Gasteiger partial charge is 0.329 e. The van der Waals surface area contributed by atoms with Crippen LogP contribution in [0.3, 0.4) is 0 Å². The van der Waals surface area contributed by atoms with Crippen molar-refractivity contribution < 1.29 is 33.5 Å². The Kier molecular flexibility index (Phi) is 11.7. The van der Waals surface area contributed by atoms with E-state index in [2.05, 4.69) is 16.0 Å². The van der Waals surface area contributed by atoms with Crippen LogP contribution in [0.5, 0.6) is 0 Å². The van der Waals surface area contributed by atoms with Gasteiger partial charge < -0.3 is 31.3 Å². The third kappa shape index (κ3) is 9.66. The molecule has 0 bridgehead atoms. The van der Waals surface area contributed by atoms with Crippen LogP contribution >= 0.6 is 0 Å². The fourth-order valence-electron chi connectivity index (χ4n) is 6.43. The molecule has 0 aromatic rings. The van der Waals surface area contributed by atoms with Crippen LogP contribution in [-0.2, 0) is 28.7 Å². The Labute approximate surface area is 267 Å². The minimum Gasteiger partial charge on any atom is -0.461 e. The van der Waals surface area contributed by atoms with Crippen LogP contribution in [0.4, 0.5) is 4.79 Å². The zero-order valence-corrected chi connectivity index (χ0v) is 28.4. The third-order valence-electron chi connectivity index (χ3n) is 9.35. The summed E-state index contributed by atoms with van der Waals surface area (Å²) < 4.78 is 5.71. The molecule has 3 aliphatic rings. The Bertz CT molecular complexity index is 1130. The maximum absolute atomic E-state index is 14.2. The first-order valence-corrected chi connectivity index (χ1v) is 16.5. The molecule has 3 rings (SSSR count). The summed E-state index contributed by atoms with van der Waals surface area (Å²) in [6, 6.07) is -4.63. The molecular formula is C33H55N5O7. The molecule has 1 heterocycles. The second-order valence-corrected chi connectivity index (χ2v) is 15.7. The lowest BCUT2D eigenvalue weighted by Crippen LogP contribution is -2.62. The largest absolute Gasteiger partial charge is 0.461 e. The predicted molar refractivity (Wildman–Crippen MR) is 168 cm³/mol. The number of hydrogen-bond donors (Lipinski definition) is 4. The Balaban J connectivity index is 1.81. The van der Waals surface area contributed by atoms with E-state index in [0.717, 1.165) is 38.5 Å². The molecule has 3 fully saturated rings. The molecule has 0 aromatic heterocycles. The standard InChI is InChI=1S/C33H55N5O7/c1-18(2)21-15-16-38(23(21)28(41)35-22(17-19-13-14-19)24(39)27(34)40)29(42)25(32(3,4)5)36-31(44)37-26(33(6,7)8)30(43)45-20-11-9-10-12-20/h18-23,25-26H,9-17H2,1-8H3,(H2,34,40)(H,35,41)(H2,36,37,44)/t21-,22?,23+,25-,26-/m1/s1. The number of nitrogens with one attached hydrogen (secondary N) is 3. The van der Waals surface area contributed by atoms with Crippen LogP contribution in [0.1, 0.15) is 107 Å². The van der Waals surface area contributed by atoms with Gasteiger partial charge in [0, 0.05) is 6.54 Å². The summed E-state index contributed by atoms with van der Waals surface area (Å²) in [6.07, 6.45) is 6.14. The molecule has 1 saturated heterocycles. The van der Waals surface area contributed by atoms with Gasteiger partial charge in [-0.1, -0.05) is 68.2 Å². The molecule has 2 saturated carbocycles. The van der Waals surface area contributed by atoms with Crippen molar-refractivity contribution >= 4 is 35.5 Å². The number of likely N-dealkylation sites (tertiary alicyclic amines) is 1. The van der Waals surface area contributed by atoms with Crippen molar-refractivity contribution in [3.05, 3.63) is 0 Å². The zero-order chi connectivity index (χ0) is 33.9. The van der Waals surface area contributed by atoms with Gasteiger partial charge in [-0.3, -0.25) is 19.2 Å². The van der Waals surface area contributed by atoms with Crippen LogP contribution in [0.2, 0.25) is 0 Å². The Hall–Kier alpha value is -3.18. The van der Waals surface area contributed by atoms with E-state index >= 15 is 0 Å². The lowest BCUT2D eigenvalue weighted by molar-refractivity contribution is -0.154. The molecule has 254 valence electrons. The molecule has 0 spiro atoms. The molecule has 0 radical (unpaired) electrons. The number of nitrogens with two attached hydrogens (primary N) is 1. The van der Waals surface area contributed by atoms with Gasteiger partial charge in [0.05, 0.1) is 6.04 Å². The summed E-state index contributed by atoms with van der Waals surface area (Å²) in [5.74, 6) is -3.35. The second kappa shape index (κ2) is 14.5. The Morgan fingerprint density at radius 3 is 1.87 bits per heavy atom. The van der Waals surface area contributed by atoms with E-state index < -0.39 is 70.5 Å². The molecule has 45 heavy (non-hydrogen) atoms. The number of carbonyl (C=O) groups is 6. The summed E-state index contributed by atoms with van der Waals surface area (Å²) in [6.45, 7) is 15.2. The van der Waals surface area contributed by atoms with Gasteiger partial charge in [-0.05, 0) is 67.1 Å². The number of amides is 5. The molecule has 5 atom stereocenters. The number of nitrogens with zero attached hydrogens (tertiary/aromatic N) is 1. The normalized spacial score (nSPS) is 22.8. The topological polar surface area (TPSA) is 177 Å². The van der Waals surface area contributed by atoms with Crippen LogP contribution in [-0.4, -0.2) is 77.2 Å². The van der Waals surface area contributed by atoms with Gasteiger partial charge in [-0.15, -0.1) is 0 Å². The molecule has 1 aliphatic heterocycles. The first kappa shape index (κ1) is 36.3. The van der Waals surface area contributed by atoms with E-state index in [1.807, 2.05) is 55.4 Å². The van der Waals surface area contributed by atoms with Crippen LogP contribution in [0.15, 0.2) is 0 Å². The molecule has 2 aliphatic carbocycles. The number of primary amides is 1. The number of urea groups is 1. The van der Waals surface area contributed by atoms with Crippen LogP contribution < -0.4 is 21.7 Å². The molecule has 5 amide bonds. The van der Waals surface area contributed by atoms with Crippen molar-refractivity contribution in [3.63, 3.8) is 0 Å². The lowest BCUT2D eigenvalue weighted by Gasteiger charge is -2.37. The van der Waals surface area contributed by atoms with Gasteiger partial charge >= 0.3 is 12.0 Å². The Morgan fingerprint density at radius 2 is 1.38 bits per heavy atom. The van der Waals surface area contributed by atoms with Crippen molar-refractivity contribution in [3.8, 4) is 0 Å². The van der Waals surface area contributed by atoms with Gasteiger partial charge in [0.2, 0.25) is 17.6 Å². The van der Waals surface area contributed by atoms with Gasteiger partial charge in [0.25, 0.3) is 5.91 Å². The first-order valence-electron chi connectivity index (χ1n) is 16.5. The SMILES string of the molecule is CC(C)[C@H]1CCN(C(=O)[C@@H](NC(=O)N[C@H](C(=O)OC2CCCC2)C(C)(C)C)C(C)(C)C)[C@@H]1C(=O)NC(CC1CC1)C(=O)C(N)=O. The molecular weight excluding hydrogens is 578 g/mol. The molecule has 1 unspecified atom stereocenters. The highest BCUT2D eigenvalue weighted by Crippen LogP contribution is 2.36. The number of carbonyl (C=O) groups excluding carboxylic acids is 6. The summed E-state index contributed by atoms with van der Waals surface area (Å²) in [4.78, 5) is 80.5. The highest BCUT2D eigenvalue weighted by molar-refractivity contribution is 6.37. The zero-order valence-electron chi connectivity index (χ0n) is 28.4. The second-order valence-electron chi connectivity index (χ2n) is 15.7. The van der Waals surface area contributed by atoms with Crippen LogP contribution in [0, 0.1) is 28.6 Å². The average Bonchev–Trinajstić information content (AvgIpc) is 3.39. The van der Waals surface area contributed by atoms with Crippen molar-refractivity contribution in [2.45, 2.75) is 137 Å². The quantitative estimate of drug-likeness (QED) is 0.189. The number of rotatable bonds is 12. The van der Waals surface area contributed by atoms with Crippen molar-refractivity contribution in [1.29, 1.82) is 0 Å². The summed E-state index contributed by atoms with van der Waals surface area (Å²) >= 11 is 0. The average molecular weight is 634 g/mol. The number of ether oxygens (including phenoxy) is 1. The van der Waals surface area contributed by atoms with E-state index in [9.17, 15) is 28.8 Å². The number of ketones is 1. The fourth-order valence-corrected chi connectivity index (χ4v) is 6.43. The van der Waals surface area contributed by atoms with Crippen LogP contribution in [0.25, 0.3) is 0 Å². The van der Waals surface area contributed by atoms with E-state index in [0.29, 0.717) is 12.8 Å².